The normalized spacial score (nSPS) is 16.1. The van der Waals surface area contributed by atoms with E-state index >= 15 is 0 Å². The van der Waals surface area contributed by atoms with Crippen molar-refractivity contribution in [2.45, 2.75) is 0 Å². The Morgan fingerprint density at radius 1 is 1.80 bits per heavy atom. The van der Waals surface area contributed by atoms with Crippen LogP contribution >= 0.6 is 0 Å². The van der Waals surface area contributed by atoms with E-state index in [0.29, 0.717) is 0 Å². The van der Waals surface area contributed by atoms with E-state index in [1.807, 2.05) is 0 Å². The van der Waals surface area contributed by atoms with Crippen molar-refractivity contribution in [3.8, 4) is 0 Å². The molecule has 10 heavy (non-hydrogen) atoms. The lowest BCUT2D eigenvalue weighted by Gasteiger charge is -1.97. The molecule has 0 amide bonds. The summed E-state index contributed by atoms with van der Waals surface area (Å²) in [6.45, 7) is -0.0512. The van der Waals surface area contributed by atoms with Crippen molar-refractivity contribution in [2.75, 3.05) is 13.7 Å². The summed E-state index contributed by atoms with van der Waals surface area (Å²) in [5.74, 6) is -0.821. The van der Waals surface area contributed by atoms with Gasteiger partial charge in [0.25, 0.3) is 0 Å². The Kier molecular flexibility index (Phi) is 1.71. The molecule has 0 aliphatic carbocycles. The van der Waals surface area contributed by atoms with Gasteiger partial charge in [-0.25, -0.2) is 4.79 Å². The fourth-order valence-corrected chi connectivity index (χ4v) is 0.597. The number of hydrogen-bond donors (Lipinski definition) is 0. The highest BCUT2D eigenvalue weighted by Crippen LogP contribution is 2.06. The minimum absolute atomic E-state index is 0.00694. The molecule has 0 saturated carbocycles. The van der Waals surface area contributed by atoms with Crippen molar-refractivity contribution < 1.29 is 19.1 Å². The number of ketones is 1. The second-order valence-electron chi connectivity index (χ2n) is 1.76. The van der Waals surface area contributed by atoms with Gasteiger partial charge in [-0.15, -0.1) is 0 Å². The van der Waals surface area contributed by atoms with Gasteiger partial charge in [0, 0.05) is 6.08 Å². The second kappa shape index (κ2) is 2.51. The van der Waals surface area contributed by atoms with Crippen LogP contribution in [0.1, 0.15) is 0 Å². The van der Waals surface area contributed by atoms with Crippen LogP contribution in [0.5, 0.6) is 0 Å². The molecule has 4 heteroatoms. The van der Waals surface area contributed by atoms with Crippen molar-refractivity contribution >= 4 is 11.8 Å². The van der Waals surface area contributed by atoms with Gasteiger partial charge in [0.05, 0.1) is 7.11 Å². The van der Waals surface area contributed by atoms with Crippen molar-refractivity contribution in [1.82, 2.24) is 0 Å². The third kappa shape index (κ3) is 1.15. The molecule has 4 nitrogen and oxygen atoms in total. The standard InChI is InChI=1S/C6H6O4/c1-9-6(8)5-2-4(7)3-10-5/h2H,3H2,1H3. The Labute approximate surface area is 57.4 Å². The van der Waals surface area contributed by atoms with Gasteiger partial charge in [-0.2, -0.15) is 0 Å². The van der Waals surface area contributed by atoms with Crippen LogP contribution in [0.3, 0.4) is 0 Å². The molecular formula is C6H6O4. The number of esters is 1. The Morgan fingerprint density at radius 2 is 2.50 bits per heavy atom. The van der Waals surface area contributed by atoms with E-state index < -0.39 is 5.97 Å². The first-order valence-electron chi connectivity index (χ1n) is 2.69. The third-order valence-corrected chi connectivity index (χ3v) is 1.05. The fraction of sp³-hybridized carbons (Fsp3) is 0.333. The summed E-state index contributed by atoms with van der Waals surface area (Å²) in [7, 11) is 1.23. The number of methoxy groups -OCH3 is 1. The molecule has 1 aliphatic rings. The predicted octanol–water partition coefficient (Wildman–Crippen LogP) is -0.357. The van der Waals surface area contributed by atoms with Crippen LogP contribution in [0, 0.1) is 0 Å². The monoisotopic (exact) mass is 142 g/mol. The lowest BCUT2D eigenvalue weighted by atomic mass is 10.4. The highest BCUT2D eigenvalue weighted by atomic mass is 16.6. The van der Waals surface area contributed by atoms with E-state index in [0.717, 1.165) is 6.08 Å². The second-order valence-corrected chi connectivity index (χ2v) is 1.76. The average molecular weight is 142 g/mol. The molecule has 1 aliphatic heterocycles. The first-order valence-corrected chi connectivity index (χ1v) is 2.69. The van der Waals surface area contributed by atoms with Gasteiger partial charge in [-0.05, 0) is 0 Å². The van der Waals surface area contributed by atoms with Gasteiger partial charge in [-0.3, -0.25) is 4.79 Å². The van der Waals surface area contributed by atoms with Crippen LogP contribution in [0.4, 0.5) is 0 Å². The summed E-state index contributed by atoms with van der Waals surface area (Å²) in [6.07, 6.45) is 1.13. The number of carbonyl (C=O) groups is 2. The van der Waals surface area contributed by atoms with Gasteiger partial charge in [0.2, 0.25) is 5.76 Å². The van der Waals surface area contributed by atoms with E-state index in [-0.39, 0.29) is 18.1 Å². The zero-order chi connectivity index (χ0) is 7.56. The topological polar surface area (TPSA) is 52.6 Å². The van der Waals surface area contributed by atoms with Gasteiger partial charge >= 0.3 is 5.97 Å². The lowest BCUT2D eigenvalue weighted by Crippen LogP contribution is -2.04. The molecule has 0 fully saturated rings. The largest absolute Gasteiger partial charge is 0.478 e. The van der Waals surface area contributed by atoms with Gasteiger partial charge in [0.15, 0.2) is 12.4 Å². The molecule has 0 atom stereocenters. The maximum atomic E-state index is 10.6. The van der Waals surface area contributed by atoms with Crippen molar-refractivity contribution in [1.29, 1.82) is 0 Å². The SMILES string of the molecule is COC(=O)C1=CC(=O)CO1. The Morgan fingerprint density at radius 3 is 2.90 bits per heavy atom. The van der Waals surface area contributed by atoms with Crippen LogP contribution in [0.15, 0.2) is 11.8 Å². The van der Waals surface area contributed by atoms with E-state index in [1.165, 1.54) is 7.11 Å². The Hall–Kier alpha value is -1.32. The quantitative estimate of drug-likeness (QED) is 0.469. The minimum atomic E-state index is -0.606. The number of hydrogen-bond acceptors (Lipinski definition) is 4. The molecule has 1 rings (SSSR count). The van der Waals surface area contributed by atoms with Crippen molar-refractivity contribution in [3.63, 3.8) is 0 Å². The smallest absolute Gasteiger partial charge is 0.373 e. The number of rotatable bonds is 1. The number of carbonyl (C=O) groups excluding carboxylic acids is 2. The third-order valence-electron chi connectivity index (χ3n) is 1.05. The number of ether oxygens (including phenoxy) is 2. The molecular weight excluding hydrogens is 136 g/mol. The van der Waals surface area contributed by atoms with Crippen LogP contribution in [-0.4, -0.2) is 25.5 Å². The van der Waals surface area contributed by atoms with E-state index in [9.17, 15) is 9.59 Å². The van der Waals surface area contributed by atoms with Crippen LogP contribution in [0.25, 0.3) is 0 Å². The van der Waals surface area contributed by atoms with Gasteiger partial charge < -0.3 is 9.47 Å². The first kappa shape index (κ1) is 6.80. The highest BCUT2D eigenvalue weighted by Gasteiger charge is 2.19. The zero-order valence-corrected chi connectivity index (χ0v) is 5.42. The predicted molar refractivity (Wildman–Crippen MR) is 31.1 cm³/mol. The molecule has 0 radical (unpaired) electrons. The lowest BCUT2D eigenvalue weighted by molar-refractivity contribution is -0.139. The molecule has 0 N–H and O–H groups in total. The van der Waals surface area contributed by atoms with E-state index in [1.54, 1.807) is 0 Å². The first-order chi connectivity index (χ1) is 4.74. The van der Waals surface area contributed by atoms with Crippen LogP contribution < -0.4 is 0 Å². The highest BCUT2D eigenvalue weighted by molar-refractivity contribution is 6.01. The van der Waals surface area contributed by atoms with Gasteiger partial charge in [0.1, 0.15) is 0 Å². The van der Waals surface area contributed by atoms with Crippen LogP contribution in [0.2, 0.25) is 0 Å². The molecule has 1 heterocycles. The Bertz CT molecular complexity index is 204. The Balaban J connectivity index is 2.66. The molecule has 0 spiro atoms. The summed E-state index contributed by atoms with van der Waals surface area (Å²) >= 11 is 0. The molecule has 54 valence electrons. The summed E-state index contributed by atoms with van der Waals surface area (Å²) in [6, 6.07) is 0. The molecule has 0 unspecified atom stereocenters. The zero-order valence-electron chi connectivity index (χ0n) is 5.42. The van der Waals surface area contributed by atoms with Crippen molar-refractivity contribution in [3.05, 3.63) is 11.8 Å². The van der Waals surface area contributed by atoms with E-state index in [2.05, 4.69) is 9.47 Å². The molecule has 0 saturated heterocycles. The van der Waals surface area contributed by atoms with Crippen molar-refractivity contribution in [2.24, 2.45) is 0 Å². The maximum absolute atomic E-state index is 10.6. The molecule has 0 aromatic heterocycles. The minimum Gasteiger partial charge on any atom is -0.478 e. The molecule has 0 bridgehead atoms. The molecule has 0 aromatic carbocycles. The van der Waals surface area contributed by atoms with Gasteiger partial charge in [-0.1, -0.05) is 0 Å². The maximum Gasteiger partial charge on any atom is 0.373 e. The summed E-state index contributed by atoms with van der Waals surface area (Å²) in [4.78, 5) is 21.1. The van der Waals surface area contributed by atoms with E-state index in [4.69, 9.17) is 0 Å². The molecule has 0 aromatic rings. The fourth-order valence-electron chi connectivity index (χ4n) is 0.597. The summed E-state index contributed by atoms with van der Waals surface area (Å²) in [5.41, 5.74) is 0. The summed E-state index contributed by atoms with van der Waals surface area (Å²) in [5, 5.41) is 0. The van der Waals surface area contributed by atoms with Crippen LogP contribution in [-0.2, 0) is 19.1 Å². The average Bonchev–Trinajstić information content (AvgIpc) is 2.34. The summed E-state index contributed by atoms with van der Waals surface area (Å²) < 4.78 is 8.95.